The van der Waals surface area contributed by atoms with E-state index in [9.17, 15) is 0 Å². The van der Waals surface area contributed by atoms with Crippen molar-refractivity contribution in [3.63, 3.8) is 0 Å². The number of rotatable bonds is 3. The van der Waals surface area contributed by atoms with Gasteiger partial charge in [-0.3, -0.25) is 4.98 Å². The van der Waals surface area contributed by atoms with Crippen molar-refractivity contribution in [3.05, 3.63) is 90.3 Å². The molecule has 1 heteroatoms. The summed E-state index contributed by atoms with van der Waals surface area (Å²) in [5.74, 6) is 0. The quantitative estimate of drug-likeness (QED) is 0.669. The van der Waals surface area contributed by atoms with Crippen molar-refractivity contribution < 1.29 is 0 Å². The summed E-state index contributed by atoms with van der Waals surface area (Å²) in [6.07, 6.45) is 2.71. The van der Waals surface area contributed by atoms with E-state index in [0.29, 0.717) is 0 Å². The van der Waals surface area contributed by atoms with Crippen molar-refractivity contribution in [1.82, 2.24) is 4.98 Å². The van der Waals surface area contributed by atoms with Crippen molar-refractivity contribution >= 4 is 0 Å². The minimum Gasteiger partial charge on any atom is -0.261 e. The predicted molar refractivity (Wildman–Crippen MR) is 78.9 cm³/mol. The van der Waals surface area contributed by atoms with Gasteiger partial charge in [0.15, 0.2) is 0 Å². The second-order valence-electron chi connectivity index (χ2n) is 4.52. The Balaban J connectivity index is 1.99. The summed E-state index contributed by atoms with van der Waals surface area (Å²) in [4.78, 5) is 4.41. The zero-order valence-corrected chi connectivity index (χ0v) is 10.7. The first kappa shape index (κ1) is 11.7. The summed E-state index contributed by atoms with van der Waals surface area (Å²) in [6, 6.07) is 25.1. The lowest BCUT2D eigenvalue weighted by Crippen LogP contribution is -1.94. The highest BCUT2D eigenvalue weighted by Crippen LogP contribution is 2.24. The minimum absolute atomic E-state index is 0.867. The Kier molecular flexibility index (Phi) is 3.37. The van der Waals surface area contributed by atoms with Crippen molar-refractivity contribution in [1.29, 1.82) is 0 Å². The Bertz CT molecular complexity index is 645. The third-order valence-corrected chi connectivity index (χ3v) is 3.20. The maximum Gasteiger partial charge on any atom is 0.0447 e. The van der Waals surface area contributed by atoms with E-state index in [1.54, 1.807) is 0 Å². The molecule has 1 aromatic heterocycles. The van der Waals surface area contributed by atoms with Crippen molar-refractivity contribution in [3.8, 4) is 11.1 Å². The maximum atomic E-state index is 4.41. The Morgan fingerprint density at radius 3 is 2.21 bits per heavy atom. The molecule has 0 radical (unpaired) electrons. The Labute approximate surface area is 113 Å². The Morgan fingerprint density at radius 1 is 0.684 bits per heavy atom. The van der Waals surface area contributed by atoms with E-state index < -0.39 is 0 Å². The molecule has 1 nitrogen and oxygen atoms in total. The van der Waals surface area contributed by atoms with Gasteiger partial charge in [-0.05, 0) is 28.8 Å². The molecular formula is C18H15N. The molecule has 0 N–H and O–H groups in total. The van der Waals surface area contributed by atoms with Crippen molar-refractivity contribution in [2.75, 3.05) is 0 Å². The molecule has 0 aliphatic carbocycles. The summed E-state index contributed by atoms with van der Waals surface area (Å²) >= 11 is 0. The molecule has 3 aromatic rings. The summed E-state index contributed by atoms with van der Waals surface area (Å²) in [7, 11) is 0. The lowest BCUT2D eigenvalue weighted by Gasteiger charge is -2.09. The third-order valence-electron chi connectivity index (χ3n) is 3.20. The molecule has 1 heterocycles. The molecule has 3 rings (SSSR count). The van der Waals surface area contributed by atoms with E-state index in [-0.39, 0.29) is 0 Å². The zero-order valence-electron chi connectivity index (χ0n) is 10.7. The van der Waals surface area contributed by atoms with Gasteiger partial charge in [-0.15, -0.1) is 0 Å². The minimum atomic E-state index is 0.867. The normalized spacial score (nSPS) is 10.3. The molecule has 0 bridgehead atoms. The van der Waals surface area contributed by atoms with E-state index in [1.165, 1.54) is 16.7 Å². The third kappa shape index (κ3) is 2.71. The molecule has 0 spiro atoms. The van der Waals surface area contributed by atoms with E-state index in [2.05, 4.69) is 59.6 Å². The van der Waals surface area contributed by atoms with Crippen LogP contribution < -0.4 is 0 Å². The highest BCUT2D eigenvalue weighted by Gasteiger charge is 2.05. The highest BCUT2D eigenvalue weighted by molar-refractivity contribution is 5.67. The van der Waals surface area contributed by atoms with Gasteiger partial charge in [0, 0.05) is 18.3 Å². The van der Waals surface area contributed by atoms with E-state index >= 15 is 0 Å². The Morgan fingerprint density at radius 2 is 1.42 bits per heavy atom. The van der Waals surface area contributed by atoms with Crippen LogP contribution in [0.1, 0.15) is 11.3 Å². The van der Waals surface area contributed by atoms with E-state index in [1.807, 2.05) is 24.4 Å². The second-order valence-corrected chi connectivity index (χ2v) is 4.52. The molecule has 92 valence electrons. The fraction of sp³-hybridized carbons (Fsp3) is 0.0556. The largest absolute Gasteiger partial charge is 0.261 e. The van der Waals surface area contributed by atoms with Crippen molar-refractivity contribution in [2.24, 2.45) is 0 Å². The number of benzene rings is 2. The first-order chi connectivity index (χ1) is 9.43. The molecule has 0 saturated carbocycles. The molecule has 0 fully saturated rings. The van der Waals surface area contributed by atoms with Gasteiger partial charge in [-0.25, -0.2) is 0 Å². The Hall–Kier alpha value is -2.41. The molecule has 0 aliphatic heterocycles. The summed E-state index contributed by atoms with van der Waals surface area (Å²) in [5.41, 5.74) is 4.96. The maximum absolute atomic E-state index is 4.41. The van der Waals surface area contributed by atoms with Crippen LogP contribution in [0.15, 0.2) is 79.0 Å². The molecular weight excluding hydrogens is 230 g/mol. The molecule has 0 unspecified atom stereocenters. The van der Waals surface area contributed by atoms with Crippen LogP contribution in [0.5, 0.6) is 0 Å². The van der Waals surface area contributed by atoms with Crippen LogP contribution in [0.25, 0.3) is 11.1 Å². The number of hydrogen-bond donors (Lipinski definition) is 0. The standard InChI is InChI=1S/C18H15N/c1-2-8-15(9-3-1)18-12-5-4-10-16(18)14-17-11-6-7-13-19-17/h1-13H,14H2. The first-order valence-electron chi connectivity index (χ1n) is 6.47. The van der Waals surface area contributed by atoms with Crippen LogP contribution in [0.2, 0.25) is 0 Å². The average molecular weight is 245 g/mol. The molecule has 19 heavy (non-hydrogen) atoms. The van der Waals surface area contributed by atoms with Gasteiger partial charge in [-0.2, -0.15) is 0 Å². The van der Waals surface area contributed by atoms with Gasteiger partial charge in [-0.1, -0.05) is 60.7 Å². The van der Waals surface area contributed by atoms with Gasteiger partial charge in [0.2, 0.25) is 0 Å². The fourth-order valence-electron chi connectivity index (χ4n) is 2.27. The van der Waals surface area contributed by atoms with Crippen LogP contribution in [-0.2, 0) is 6.42 Å². The summed E-state index contributed by atoms with van der Waals surface area (Å²) < 4.78 is 0. The molecule has 0 saturated heterocycles. The predicted octanol–water partition coefficient (Wildman–Crippen LogP) is 4.34. The van der Waals surface area contributed by atoms with Gasteiger partial charge >= 0.3 is 0 Å². The number of nitrogens with zero attached hydrogens (tertiary/aromatic N) is 1. The number of pyridine rings is 1. The van der Waals surface area contributed by atoms with Gasteiger partial charge in [0.25, 0.3) is 0 Å². The fourth-order valence-corrected chi connectivity index (χ4v) is 2.27. The van der Waals surface area contributed by atoms with E-state index in [0.717, 1.165) is 12.1 Å². The van der Waals surface area contributed by atoms with Crippen LogP contribution in [-0.4, -0.2) is 4.98 Å². The van der Waals surface area contributed by atoms with Gasteiger partial charge in [0.1, 0.15) is 0 Å². The van der Waals surface area contributed by atoms with Crippen LogP contribution >= 0.6 is 0 Å². The monoisotopic (exact) mass is 245 g/mol. The van der Waals surface area contributed by atoms with Gasteiger partial charge < -0.3 is 0 Å². The van der Waals surface area contributed by atoms with Crippen LogP contribution in [0.4, 0.5) is 0 Å². The molecule has 0 atom stereocenters. The lowest BCUT2D eigenvalue weighted by molar-refractivity contribution is 1.08. The molecule has 0 aliphatic rings. The van der Waals surface area contributed by atoms with Crippen LogP contribution in [0, 0.1) is 0 Å². The first-order valence-corrected chi connectivity index (χ1v) is 6.47. The smallest absolute Gasteiger partial charge is 0.0447 e. The SMILES string of the molecule is c1ccc(-c2ccccc2Cc2ccccn2)cc1. The van der Waals surface area contributed by atoms with Gasteiger partial charge in [0.05, 0.1) is 0 Å². The van der Waals surface area contributed by atoms with E-state index in [4.69, 9.17) is 0 Å². The highest BCUT2D eigenvalue weighted by atomic mass is 14.7. The average Bonchev–Trinajstić information content (AvgIpc) is 2.50. The van der Waals surface area contributed by atoms with Crippen molar-refractivity contribution in [2.45, 2.75) is 6.42 Å². The second kappa shape index (κ2) is 5.49. The lowest BCUT2D eigenvalue weighted by atomic mass is 9.97. The number of aromatic nitrogens is 1. The molecule has 0 amide bonds. The molecule has 2 aromatic carbocycles. The van der Waals surface area contributed by atoms with Crippen LogP contribution in [0.3, 0.4) is 0 Å². The summed E-state index contributed by atoms with van der Waals surface area (Å²) in [6.45, 7) is 0. The number of hydrogen-bond acceptors (Lipinski definition) is 1. The summed E-state index contributed by atoms with van der Waals surface area (Å²) in [5, 5.41) is 0. The zero-order chi connectivity index (χ0) is 12.9. The topological polar surface area (TPSA) is 12.9 Å².